The Bertz CT molecular complexity index is 630. The van der Waals surface area contributed by atoms with E-state index in [4.69, 9.17) is 0 Å². The van der Waals surface area contributed by atoms with Crippen LogP contribution < -0.4 is 9.80 Å². The Morgan fingerprint density at radius 3 is 2.61 bits per heavy atom. The maximum Gasteiger partial charge on any atom is 0.227 e. The molecule has 2 aromatic heterocycles. The van der Waals surface area contributed by atoms with Crippen LogP contribution in [-0.4, -0.2) is 76.7 Å². The molecule has 0 saturated carbocycles. The molecule has 0 amide bonds. The Balaban J connectivity index is 1.51. The number of anilines is 2. The van der Waals surface area contributed by atoms with Gasteiger partial charge < -0.3 is 9.80 Å². The highest BCUT2D eigenvalue weighted by Gasteiger charge is 2.19. The van der Waals surface area contributed by atoms with Crippen LogP contribution in [0.5, 0.6) is 0 Å². The molecular formula is C15H24N8. The number of rotatable bonds is 5. The lowest BCUT2D eigenvalue weighted by molar-refractivity contribution is 0.259. The average Bonchev–Trinajstić information content (AvgIpc) is 2.99. The highest BCUT2D eigenvalue weighted by atomic mass is 15.4. The summed E-state index contributed by atoms with van der Waals surface area (Å²) in [4.78, 5) is 15.8. The van der Waals surface area contributed by atoms with E-state index in [0.717, 1.165) is 56.6 Å². The second-order valence-corrected chi connectivity index (χ2v) is 6.07. The largest absolute Gasteiger partial charge is 0.363 e. The topological polar surface area (TPSA) is 66.2 Å². The van der Waals surface area contributed by atoms with Gasteiger partial charge in [-0.25, -0.2) is 4.98 Å². The molecule has 1 saturated heterocycles. The van der Waals surface area contributed by atoms with Crippen LogP contribution in [-0.2, 0) is 13.5 Å². The summed E-state index contributed by atoms with van der Waals surface area (Å²) in [6, 6.07) is 1.93. The van der Waals surface area contributed by atoms with E-state index in [1.807, 2.05) is 44.5 Å². The van der Waals surface area contributed by atoms with Crippen LogP contribution in [0.4, 0.5) is 11.8 Å². The van der Waals surface area contributed by atoms with Crippen molar-refractivity contribution in [2.75, 3.05) is 56.6 Å². The highest BCUT2D eigenvalue weighted by Crippen LogP contribution is 2.15. The van der Waals surface area contributed by atoms with Crippen LogP contribution in [0.2, 0.25) is 0 Å². The molecule has 2 aromatic rings. The van der Waals surface area contributed by atoms with Crippen LogP contribution in [0, 0.1) is 0 Å². The van der Waals surface area contributed by atoms with E-state index in [9.17, 15) is 0 Å². The maximum absolute atomic E-state index is 4.62. The zero-order valence-electron chi connectivity index (χ0n) is 14.1. The first-order valence-electron chi connectivity index (χ1n) is 7.95. The third kappa shape index (κ3) is 3.95. The summed E-state index contributed by atoms with van der Waals surface area (Å²) in [5, 5.41) is 8.11. The lowest BCUT2D eigenvalue weighted by Gasteiger charge is -2.34. The summed E-state index contributed by atoms with van der Waals surface area (Å²) in [7, 11) is 5.89. The van der Waals surface area contributed by atoms with Crippen LogP contribution in [0.15, 0.2) is 18.5 Å². The lowest BCUT2D eigenvalue weighted by Crippen LogP contribution is -2.47. The first kappa shape index (κ1) is 15.7. The predicted molar refractivity (Wildman–Crippen MR) is 89.7 cm³/mol. The lowest BCUT2D eigenvalue weighted by atomic mass is 10.2. The van der Waals surface area contributed by atoms with Crippen molar-refractivity contribution in [1.29, 1.82) is 0 Å². The third-order valence-corrected chi connectivity index (χ3v) is 4.08. The monoisotopic (exact) mass is 316 g/mol. The van der Waals surface area contributed by atoms with E-state index < -0.39 is 0 Å². The van der Waals surface area contributed by atoms with Crippen molar-refractivity contribution in [3.8, 4) is 0 Å². The summed E-state index contributed by atoms with van der Waals surface area (Å²) in [6.07, 6.45) is 4.76. The van der Waals surface area contributed by atoms with Gasteiger partial charge in [-0.3, -0.25) is 9.58 Å². The minimum atomic E-state index is 0.824. The van der Waals surface area contributed by atoms with Gasteiger partial charge in [0.1, 0.15) is 5.82 Å². The minimum absolute atomic E-state index is 0.824. The minimum Gasteiger partial charge on any atom is -0.363 e. The second kappa shape index (κ2) is 6.91. The zero-order valence-corrected chi connectivity index (χ0v) is 14.1. The average molecular weight is 316 g/mol. The van der Waals surface area contributed by atoms with Gasteiger partial charge in [0, 0.05) is 72.7 Å². The Morgan fingerprint density at radius 1 is 1.17 bits per heavy atom. The molecule has 3 heterocycles. The first-order chi connectivity index (χ1) is 11.1. The summed E-state index contributed by atoms with van der Waals surface area (Å²) in [5.41, 5.74) is 1.05. The normalized spacial score (nSPS) is 15.9. The van der Waals surface area contributed by atoms with Gasteiger partial charge >= 0.3 is 0 Å². The number of aromatic nitrogens is 5. The molecule has 8 nitrogen and oxygen atoms in total. The highest BCUT2D eigenvalue weighted by molar-refractivity contribution is 5.42. The van der Waals surface area contributed by atoms with Gasteiger partial charge in [0.25, 0.3) is 0 Å². The van der Waals surface area contributed by atoms with Crippen molar-refractivity contribution < 1.29 is 0 Å². The fourth-order valence-corrected chi connectivity index (χ4v) is 2.69. The van der Waals surface area contributed by atoms with Gasteiger partial charge in [-0.15, -0.1) is 5.10 Å². The van der Waals surface area contributed by atoms with Gasteiger partial charge in [0.05, 0.1) is 5.69 Å². The van der Waals surface area contributed by atoms with Crippen molar-refractivity contribution in [2.24, 2.45) is 7.05 Å². The van der Waals surface area contributed by atoms with Gasteiger partial charge in [-0.2, -0.15) is 4.98 Å². The van der Waals surface area contributed by atoms with E-state index in [2.05, 4.69) is 30.1 Å². The zero-order chi connectivity index (χ0) is 16.2. The molecule has 3 rings (SSSR count). The number of hydrogen-bond donors (Lipinski definition) is 0. The van der Waals surface area contributed by atoms with E-state index in [1.54, 1.807) is 4.68 Å². The smallest absolute Gasteiger partial charge is 0.227 e. The van der Waals surface area contributed by atoms with Crippen molar-refractivity contribution in [1.82, 2.24) is 29.9 Å². The first-order valence-corrected chi connectivity index (χ1v) is 7.95. The number of aryl methyl sites for hydroxylation is 1. The van der Waals surface area contributed by atoms with Gasteiger partial charge in [-0.05, 0) is 6.07 Å². The molecule has 0 atom stereocenters. The molecule has 124 valence electrons. The van der Waals surface area contributed by atoms with Crippen molar-refractivity contribution in [2.45, 2.75) is 6.42 Å². The molecule has 1 aliphatic rings. The fraction of sp³-hybridized carbons (Fsp3) is 0.600. The number of nitrogens with zero attached hydrogens (tertiary/aromatic N) is 8. The molecular weight excluding hydrogens is 292 g/mol. The van der Waals surface area contributed by atoms with E-state index in [0.29, 0.717) is 0 Å². The standard InChI is InChI=1S/C15H24N8/c1-20(2)14-4-6-16-15(17-14)23-10-8-22(9-11-23)7-5-13-12-21(3)19-18-13/h4,6,12H,5,7-11H2,1-3H3. The number of hydrogen-bond acceptors (Lipinski definition) is 7. The SMILES string of the molecule is CN(C)c1ccnc(N2CCN(CCc3cn(C)nn3)CC2)n1. The molecule has 23 heavy (non-hydrogen) atoms. The third-order valence-electron chi connectivity index (χ3n) is 4.08. The molecule has 0 spiro atoms. The molecule has 0 unspecified atom stereocenters. The molecule has 8 heteroatoms. The molecule has 0 aromatic carbocycles. The van der Waals surface area contributed by atoms with Crippen LogP contribution in [0.3, 0.4) is 0 Å². The predicted octanol–water partition coefficient (Wildman–Crippen LogP) is 0.0358. The number of piperazine rings is 1. The summed E-state index contributed by atoms with van der Waals surface area (Å²) >= 11 is 0. The Hall–Kier alpha value is -2.22. The van der Waals surface area contributed by atoms with Gasteiger partial charge in [0.15, 0.2) is 0 Å². The molecule has 0 radical (unpaired) electrons. The summed E-state index contributed by atoms with van der Waals surface area (Å²) in [5.74, 6) is 1.77. The summed E-state index contributed by atoms with van der Waals surface area (Å²) in [6.45, 7) is 4.98. The van der Waals surface area contributed by atoms with Crippen LogP contribution >= 0.6 is 0 Å². The molecule has 0 bridgehead atoms. The van der Waals surface area contributed by atoms with Crippen molar-refractivity contribution in [3.63, 3.8) is 0 Å². The molecule has 0 aliphatic carbocycles. The molecule has 0 N–H and O–H groups in total. The molecule has 1 fully saturated rings. The van der Waals surface area contributed by atoms with Crippen LogP contribution in [0.25, 0.3) is 0 Å². The maximum atomic E-state index is 4.62. The second-order valence-electron chi connectivity index (χ2n) is 6.07. The summed E-state index contributed by atoms with van der Waals surface area (Å²) < 4.78 is 1.75. The Kier molecular flexibility index (Phi) is 4.71. The van der Waals surface area contributed by atoms with Gasteiger partial charge in [0.2, 0.25) is 5.95 Å². The van der Waals surface area contributed by atoms with E-state index in [-0.39, 0.29) is 0 Å². The van der Waals surface area contributed by atoms with Gasteiger partial charge in [-0.1, -0.05) is 5.21 Å². The van der Waals surface area contributed by atoms with E-state index >= 15 is 0 Å². The van der Waals surface area contributed by atoms with E-state index in [1.165, 1.54) is 0 Å². The Labute approximate surface area is 136 Å². The fourth-order valence-electron chi connectivity index (χ4n) is 2.69. The van der Waals surface area contributed by atoms with Crippen molar-refractivity contribution >= 4 is 11.8 Å². The quantitative estimate of drug-likeness (QED) is 0.771. The van der Waals surface area contributed by atoms with Crippen molar-refractivity contribution in [3.05, 3.63) is 24.2 Å². The molecule has 1 aliphatic heterocycles. The van der Waals surface area contributed by atoms with Crippen LogP contribution in [0.1, 0.15) is 5.69 Å². The Morgan fingerprint density at radius 2 is 1.96 bits per heavy atom.